The molecule has 0 aliphatic carbocycles. The van der Waals surface area contributed by atoms with Gasteiger partial charge in [-0.1, -0.05) is 12.1 Å². The van der Waals surface area contributed by atoms with Crippen LogP contribution >= 0.6 is 0 Å². The van der Waals surface area contributed by atoms with Crippen molar-refractivity contribution in [1.29, 1.82) is 0 Å². The lowest BCUT2D eigenvalue weighted by Crippen LogP contribution is -2.41. The summed E-state index contributed by atoms with van der Waals surface area (Å²) in [7, 11) is 0. The number of benzene rings is 2. The monoisotopic (exact) mass is 356 g/mol. The minimum absolute atomic E-state index is 0.259. The largest absolute Gasteiger partial charge is 0.494 e. The Bertz CT molecular complexity index is 729. The first-order valence-electron chi connectivity index (χ1n) is 8.60. The average molecular weight is 356 g/mol. The molecule has 2 amide bonds. The van der Waals surface area contributed by atoms with Crippen molar-refractivity contribution in [1.82, 2.24) is 10.9 Å². The van der Waals surface area contributed by atoms with Gasteiger partial charge in [-0.25, -0.2) is 0 Å². The lowest BCUT2D eigenvalue weighted by Gasteiger charge is -2.09. The molecule has 0 fully saturated rings. The Morgan fingerprint density at radius 1 is 0.962 bits per heavy atom. The summed E-state index contributed by atoms with van der Waals surface area (Å²) in [5.74, 6) is 0.838. The molecule has 0 heterocycles. The van der Waals surface area contributed by atoms with Gasteiger partial charge in [-0.3, -0.25) is 20.4 Å². The average Bonchev–Trinajstić information content (AvgIpc) is 2.64. The zero-order valence-electron chi connectivity index (χ0n) is 15.1. The quantitative estimate of drug-likeness (QED) is 0.563. The molecule has 2 N–H and O–H groups in total. The molecule has 0 saturated carbocycles. The van der Waals surface area contributed by atoms with Crippen LogP contribution in [0.15, 0.2) is 48.5 Å². The van der Waals surface area contributed by atoms with Crippen molar-refractivity contribution < 1.29 is 19.1 Å². The van der Waals surface area contributed by atoms with Crippen LogP contribution in [0.25, 0.3) is 0 Å². The first-order valence-corrected chi connectivity index (χ1v) is 8.60. The highest BCUT2D eigenvalue weighted by molar-refractivity contribution is 5.95. The zero-order chi connectivity index (χ0) is 18.8. The van der Waals surface area contributed by atoms with Crippen molar-refractivity contribution in [2.45, 2.75) is 26.7 Å². The second-order valence-corrected chi connectivity index (χ2v) is 5.73. The fourth-order valence-electron chi connectivity index (χ4n) is 2.26. The summed E-state index contributed by atoms with van der Waals surface area (Å²) >= 11 is 0. The number of hydrazine groups is 1. The molecule has 0 atom stereocenters. The highest BCUT2D eigenvalue weighted by atomic mass is 16.5. The molecule has 2 rings (SSSR count). The fourth-order valence-corrected chi connectivity index (χ4v) is 2.26. The molecule has 0 spiro atoms. The molecule has 0 aromatic heterocycles. The van der Waals surface area contributed by atoms with E-state index in [2.05, 4.69) is 10.9 Å². The van der Waals surface area contributed by atoms with Crippen molar-refractivity contribution in [3.8, 4) is 11.5 Å². The number of nitrogens with one attached hydrogen (secondary N) is 2. The van der Waals surface area contributed by atoms with Crippen LogP contribution in [-0.4, -0.2) is 25.0 Å². The van der Waals surface area contributed by atoms with Crippen molar-refractivity contribution in [2.75, 3.05) is 13.2 Å². The van der Waals surface area contributed by atoms with E-state index in [4.69, 9.17) is 9.47 Å². The number of carbonyl (C=O) groups excluding carboxylic acids is 2. The van der Waals surface area contributed by atoms with Gasteiger partial charge in [0.05, 0.1) is 13.2 Å². The second-order valence-electron chi connectivity index (χ2n) is 5.73. The van der Waals surface area contributed by atoms with Crippen LogP contribution < -0.4 is 20.3 Å². The van der Waals surface area contributed by atoms with Crippen LogP contribution in [0.1, 0.15) is 35.7 Å². The van der Waals surface area contributed by atoms with Gasteiger partial charge in [-0.05, 0) is 62.2 Å². The van der Waals surface area contributed by atoms with E-state index in [1.165, 1.54) is 0 Å². The molecule has 0 unspecified atom stereocenters. The van der Waals surface area contributed by atoms with Crippen LogP contribution in [0.3, 0.4) is 0 Å². The van der Waals surface area contributed by atoms with Crippen LogP contribution in [0.4, 0.5) is 0 Å². The van der Waals surface area contributed by atoms with E-state index in [0.29, 0.717) is 30.9 Å². The smallest absolute Gasteiger partial charge is 0.269 e. The van der Waals surface area contributed by atoms with Crippen molar-refractivity contribution in [3.63, 3.8) is 0 Å². The Hall–Kier alpha value is -3.02. The van der Waals surface area contributed by atoms with E-state index in [-0.39, 0.29) is 18.2 Å². The third-order valence-electron chi connectivity index (χ3n) is 3.55. The van der Waals surface area contributed by atoms with Gasteiger partial charge in [-0.2, -0.15) is 0 Å². The number of ether oxygens (including phenoxy) is 2. The Balaban J connectivity index is 1.65. The third kappa shape index (κ3) is 6.47. The summed E-state index contributed by atoms with van der Waals surface area (Å²) < 4.78 is 10.9. The van der Waals surface area contributed by atoms with Gasteiger partial charge in [0.2, 0.25) is 5.91 Å². The van der Waals surface area contributed by atoms with Gasteiger partial charge in [0.15, 0.2) is 0 Å². The van der Waals surface area contributed by atoms with E-state index >= 15 is 0 Å². The zero-order valence-corrected chi connectivity index (χ0v) is 15.1. The normalized spacial score (nSPS) is 10.1. The maximum atomic E-state index is 12.0. The molecule has 6 heteroatoms. The number of amides is 2. The molecule has 0 aliphatic heterocycles. The molecule has 0 radical (unpaired) electrons. The van der Waals surface area contributed by atoms with E-state index < -0.39 is 0 Å². The number of carbonyl (C=O) groups is 2. The van der Waals surface area contributed by atoms with Gasteiger partial charge in [0, 0.05) is 12.0 Å². The van der Waals surface area contributed by atoms with Gasteiger partial charge in [-0.15, -0.1) is 0 Å². The molecule has 6 nitrogen and oxygen atoms in total. The molecule has 2 aromatic rings. The van der Waals surface area contributed by atoms with E-state index in [1.54, 1.807) is 24.3 Å². The summed E-state index contributed by atoms with van der Waals surface area (Å²) in [5.41, 5.74) is 6.36. The highest BCUT2D eigenvalue weighted by Gasteiger charge is 2.07. The van der Waals surface area contributed by atoms with E-state index in [9.17, 15) is 9.59 Å². The number of rotatable bonds is 8. The first kappa shape index (κ1) is 19.3. The molecule has 2 aromatic carbocycles. The summed E-state index contributed by atoms with van der Waals surface area (Å²) in [4.78, 5) is 23.8. The number of hydrogen-bond acceptors (Lipinski definition) is 4. The topological polar surface area (TPSA) is 76.7 Å². The molecule has 0 aliphatic rings. The predicted octanol–water partition coefficient (Wildman–Crippen LogP) is 3.01. The molecule has 26 heavy (non-hydrogen) atoms. The highest BCUT2D eigenvalue weighted by Crippen LogP contribution is 2.13. The predicted molar refractivity (Wildman–Crippen MR) is 99.1 cm³/mol. The maximum Gasteiger partial charge on any atom is 0.269 e. The minimum Gasteiger partial charge on any atom is -0.494 e. The van der Waals surface area contributed by atoms with Gasteiger partial charge < -0.3 is 9.47 Å². The maximum absolute atomic E-state index is 12.0. The molecular weight excluding hydrogens is 332 g/mol. The van der Waals surface area contributed by atoms with E-state index in [1.807, 2.05) is 38.1 Å². The summed E-state index contributed by atoms with van der Waals surface area (Å²) in [6.07, 6.45) is 0.814. The standard InChI is InChI=1S/C20H24N2O4/c1-3-25-17-11-9-16(10-12-17)20(24)22-21-19(23)8-5-13-26-18-7-4-6-15(2)14-18/h4,6-7,9-12,14H,3,5,8,13H2,1-2H3,(H,21,23)(H,22,24). The summed E-state index contributed by atoms with van der Waals surface area (Å²) in [5, 5.41) is 0. The lowest BCUT2D eigenvalue weighted by atomic mass is 10.2. The second kappa shape index (κ2) is 10.1. The Morgan fingerprint density at radius 2 is 1.73 bits per heavy atom. The Kier molecular flexibility index (Phi) is 7.49. The third-order valence-corrected chi connectivity index (χ3v) is 3.55. The Morgan fingerprint density at radius 3 is 2.42 bits per heavy atom. The van der Waals surface area contributed by atoms with Crippen molar-refractivity contribution >= 4 is 11.8 Å². The number of aryl methyl sites for hydroxylation is 1. The van der Waals surface area contributed by atoms with Crippen LogP contribution in [0, 0.1) is 6.92 Å². The molecular formula is C20H24N2O4. The van der Waals surface area contributed by atoms with Gasteiger partial charge in [0.1, 0.15) is 11.5 Å². The van der Waals surface area contributed by atoms with Crippen LogP contribution in [0.5, 0.6) is 11.5 Å². The molecule has 138 valence electrons. The minimum atomic E-state index is -0.377. The molecule has 0 saturated heterocycles. The fraction of sp³-hybridized carbons (Fsp3) is 0.300. The first-order chi connectivity index (χ1) is 12.6. The molecule has 0 bridgehead atoms. The lowest BCUT2D eigenvalue weighted by molar-refractivity contribution is -0.122. The summed E-state index contributed by atoms with van der Waals surface area (Å²) in [6, 6.07) is 14.4. The van der Waals surface area contributed by atoms with Gasteiger partial charge in [0.25, 0.3) is 5.91 Å². The summed E-state index contributed by atoms with van der Waals surface area (Å²) in [6.45, 7) is 4.88. The van der Waals surface area contributed by atoms with Crippen molar-refractivity contribution in [3.05, 3.63) is 59.7 Å². The SMILES string of the molecule is CCOc1ccc(C(=O)NNC(=O)CCCOc2cccc(C)c2)cc1. The van der Waals surface area contributed by atoms with Crippen molar-refractivity contribution in [2.24, 2.45) is 0 Å². The Labute approximate surface area is 153 Å². The van der Waals surface area contributed by atoms with Gasteiger partial charge >= 0.3 is 0 Å². The number of hydrogen-bond donors (Lipinski definition) is 2. The van der Waals surface area contributed by atoms with E-state index in [0.717, 1.165) is 11.3 Å². The van der Waals surface area contributed by atoms with Crippen LogP contribution in [0.2, 0.25) is 0 Å². The van der Waals surface area contributed by atoms with Crippen LogP contribution in [-0.2, 0) is 4.79 Å².